The number of nitrogens with zero attached hydrogens (tertiary/aromatic N) is 4. The molecule has 3 aromatic rings. The van der Waals surface area contributed by atoms with Crippen molar-refractivity contribution in [1.82, 2.24) is 19.9 Å². The molecule has 3 heterocycles. The second-order valence-corrected chi connectivity index (χ2v) is 9.97. The molecule has 0 spiro atoms. The van der Waals surface area contributed by atoms with Crippen molar-refractivity contribution < 1.29 is 28.3 Å². The van der Waals surface area contributed by atoms with Crippen molar-refractivity contribution in [2.45, 2.75) is 39.8 Å². The maximum absolute atomic E-state index is 13.6. The molecule has 1 aliphatic heterocycles. The number of hydrogen-bond donors (Lipinski definition) is 2. The van der Waals surface area contributed by atoms with Gasteiger partial charge in [0.2, 0.25) is 5.88 Å². The second kappa shape index (κ2) is 12.2. The number of nitrogens with one attached hydrogen (secondary N) is 1. The summed E-state index contributed by atoms with van der Waals surface area (Å²) >= 11 is 0. The fourth-order valence-electron chi connectivity index (χ4n) is 4.28. The number of fused-ring (bicyclic) bond motifs is 1. The van der Waals surface area contributed by atoms with Gasteiger partial charge in [0.05, 0.1) is 19.2 Å². The van der Waals surface area contributed by atoms with Crippen molar-refractivity contribution in [2.24, 2.45) is 5.92 Å². The van der Waals surface area contributed by atoms with Gasteiger partial charge in [0.25, 0.3) is 5.91 Å². The number of benzene rings is 1. The molecule has 0 bridgehead atoms. The molecule has 0 aliphatic carbocycles. The molecule has 2 aromatic heterocycles. The van der Waals surface area contributed by atoms with E-state index >= 15 is 0 Å². The van der Waals surface area contributed by atoms with Gasteiger partial charge in [-0.1, -0.05) is 23.9 Å². The highest BCUT2D eigenvalue weighted by molar-refractivity contribution is 5.97. The molecule has 1 aromatic carbocycles. The van der Waals surface area contributed by atoms with Crippen LogP contribution in [0.5, 0.6) is 5.88 Å². The number of anilines is 1. The molecule has 3 atom stereocenters. The second-order valence-electron chi connectivity index (χ2n) is 9.97. The molecule has 11 heteroatoms. The minimum atomic E-state index is -0.524. The van der Waals surface area contributed by atoms with Gasteiger partial charge in [-0.3, -0.25) is 4.79 Å². The van der Waals surface area contributed by atoms with Crippen LogP contribution in [-0.4, -0.2) is 75.9 Å². The summed E-state index contributed by atoms with van der Waals surface area (Å²) in [6.07, 6.45) is 0.976. The fourth-order valence-corrected chi connectivity index (χ4v) is 4.28. The molecule has 40 heavy (non-hydrogen) atoms. The maximum Gasteiger partial charge on any atom is 0.321 e. The van der Waals surface area contributed by atoms with Gasteiger partial charge in [-0.2, -0.15) is 0 Å². The largest absolute Gasteiger partial charge is 0.472 e. The van der Waals surface area contributed by atoms with E-state index in [1.807, 2.05) is 6.92 Å². The number of carbonyl (C=O) groups excluding carboxylic acids is 2. The Kier molecular flexibility index (Phi) is 8.70. The molecule has 0 radical (unpaired) electrons. The number of hydrogen-bond acceptors (Lipinski definition) is 7. The first-order valence-corrected chi connectivity index (χ1v) is 12.9. The molecule has 10 nitrogen and oxygen atoms in total. The van der Waals surface area contributed by atoms with E-state index < -0.39 is 12.1 Å². The third kappa shape index (κ3) is 6.40. The third-order valence-corrected chi connectivity index (χ3v) is 6.78. The molecule has 3 amide bonds. The number of ether oxygens (including phenoxy) is 1. The first-order chi connectivity index (χ1) is 19.1. The lowest BCUT2D eigenvalue weighted by atomic mass is 10.00. The van der Waals surface area contributed by atoms with Crippen LogP contribution in [0.15, 0.2) is 41.1 Å². The van der Waals surface area contributed by atoms with Gasteiger partial charge in [0.1, 0.15) is 28.9 Å². The Labute approximate surface area is 232 Å². The minimum absolute atomic E-state index is 0.114. The summed E-state index contributed by atoms with van der Waals surface area (Å²) in [7, 11) is 1.64. The molecule has 0 fully saturated rings. The van der Waals surface area contributed by atoms with Crippen LogP contribution in [0.25, 0.3) is 0 Å². The fraction of sp³-hybridized carbons (Fsp3) is 0.379. The van der Waals surface area contributed by atoms with Gasteiger partial charge in [0, 0.05) is 36.8 Å². The Balaban J connectivity index is 1.61. The van der Waals surface area contributed by atoms with E-state index in [1.54, 1.807) is 50.9 Å². The molecule has 0 unspecified atom stereocenters. The molecular formula is C29H32FN5O5. The Morgan fingerprint density at radius 1 is 1.27 bits per heavy atom. The molecular weight excluding hydrogens is 517 g/mol. The van der Waals surface area contributed by atoms with E-state index in [4.69, 9.17) is 9.26 Å². The van der Waals surface area contributed by atoms with Crippen LogP contribution >= 0.6 is 0 Å². The summed E-state index contributed by atoms with van der Waals surface area (Å²) < 4.78 is 24.6. The van der Waals surface area contributed by atoms with Crippen molar-refractivity contribution >= 4 is 17.6 Å². The smallest absolute Gasteiger partial charge is 0.321 e. The molecule has 0 saturated heterocycles. The Hall–Kier alpha value is -4.43. The van der Waals surface area contributed by atoms with E-state index in [2.05, 4.69) is 27.3 Å². The average Bonchev–Trinajstić information content (AvgIpc) is 3.26. The zero-order valence-corrected chi connectivity index (χ0v) is 23.1. The maximum atomic E-state index is 13.6. The number of pyridine rings is 1. The number of halogens is 1. The SMILES string of the molecule is Cc1noc(C)c1NC(=O)N(C)C[C@@H]1Oc2ncc(C#Cc3ccc(F)cc3)cc2C(=O)N([C@H](C)CO)C[C@@H]1C. The van der Waals surface area contributed by atoms with Crippen molar-refractivity contribution in [3.05, 3.63) is 70.5 Å². The molecule has 2 N–H and O–H groups in total. The van der Waals surface area contributed by atoms with Gasteiger partial charge < -0.3 is 29.5 Å². The molecule has 0 saturated carbocycles. The Morgan fingerprint density at radius 3 is 2.62 bits per heavy atom. The summed E-state index contributed by atoms with van der Waals surface area (Å²) in [5.74, 6) is 5.60. The number of amides is 3. The third-order valence-electron chi connectivity index (χ3n) is 6.78. The molecule has 210 valence electrons. The predicted molar refractivity (Wildman–Crippen MR) is 145 cm³/mol. The first kappa shape index (κ1) is 28.6. The monoisotopic (exact) mass is 549 g/mol. The highest BCUT2D eigenvalue weighted by atomic mass is 19.1. The highest BCUT2D eigenvalue weighted by Crippen LogP contribution is 2.27. The van der Waals surface area contributed by atoms with E-state index in [9.17, 15) is 19.1 Å². The van der Waals surface area contributed by atoms with Crippen LogP contribution in [0.2, 0.25) is 0 Å². The number of likely N-dealkylation sites (N-methyl/N-ethyl adjacent to an activating group) is 1. The van der Waals surface area contributed by atoms with E-state index in [1.165, 1.54) is 23.2 Å². The lowest BCUT2D eigenvalue weighted by molar-refractivity contribution is 0.0356. The van der Waals surface area contributed by atoms with Crippen molar-refractivity contribution in [3.8, 4) is 17.7 Å². The number of aryl methyl sites for hydroxylation is 2. The summed E-state index contributed by atoms with van der Waals surface area (Å²) in [6.45, 7) is 7.38. The van der Waals surface area contributed by atoms with Gasteiger partial charge in [-0.15, -0.1) is 0 Å². The van der Waals surface area contributed by atoms with Crippen LogP contribution in [0, 0.1) is 37.4 Å². The van der Waals surface area contributed by atoms with E-state index in [0.29, 0.717) is 28.3 Å². The van der Waals surface area contributed by atoms with Crippen LogP contribution in [0.1, 0.15) is 46.8 Å². The quantitative estimate of drug-likeness (QED) is 0.467. The van der Waals surface area contributed by atoms with Crippen LogP contribution in [0.3, 0.4) is 0 Å². The lowest BCUT2D eigenvalue weighted by Gasteiger charge is -2.37. The zero-order valence-electron chi connectivity index (χ0n) is 23.1. The topological polar surface area (TPSA) is 121 Å². The van der Waals surface area contributed by atoms with Crippen molar-refractivity contribution in [1.29, 1.82) is 0 Å². The van der Waals surface area contributed by atoms with Gasteiger partial charge in [-0.05, 0) is 51.1 Å². The van der Waals surface area contributed by atoms with Gasteiger partial charge in [0.15, 0.2) is 5.76 Å². The number of rotatable bonds is 5. The average molecular weight is 550 g/mol. The minimum Gasteiger partial charge on any atom is -0.472 e. The van der Waals surface area contributed by atoms with Gasteiger partial charge in [-0.25, -0.2) is 14.2 Å². The first-order valence-electron chi connectivity index (χ1n) is 12.9. The molecule has 4 rings (SSSR count). The Morgan fingerprint density at radius 2 is 1.98 bits per heavy atom. The standard InChI is InChI=1S/C29H32FN5O5/c1-17-14-35(18(2)16-36)28(37)24-12-22(7-6-21-8-10-23(30)11-9-21)13-31-27(24)39-25(17)15-34(5)29(38)32-26-19(3)33-40-20(26)4/h8-13,17-18,25,36H,14-16H2,1-5H3,(H,32,38)/t17-,18+,25-/m0/s1. The summed E-state index contributed by atoms with van der Waals surface area (Å²) in [6, 6.07) is 6.53. The van der Waals surface area contributed by atoms with Crippen LogP contribution < -0.4 is 10.1 Å². The summed E-state index contributed by atoms with van der Waals surface area (Å²) in [5.41, 5.74) is 2.36. The van der Waals surface area contributed by atoms with E-state index in [0.717, 1.165) is 0 Å². The van der Waals surface area contributed by atoms with Crippen molar-refractivity contribution in [2.75, 3.05) is 32.1 Å². The van der Waals surface area contributed by atoms with E-state index in [-0.39, 0.29) is 54.8 Å². The number of aliphatic hydroxyl groups excluding tert-OH is 1. The predicted octanol–water partition coefficient (Wildman–Crippen LogP) is 3.61. The highest BCUT2D eigenvalue weighted by Gasteiger charge is 2.35. The Bertz CT molecular complexity index is 1430. The zero-order chi connectivity index (χ0) is 29.0. The summed E-state index contributed by atoms with van der Waals surface area (Å²) in [5, 5.41) is 16.6. The van der Waals surface area contributed by atoms with Crippen molar-refractivity contribution in [3.63, 3.8) is 0 Å². The lowest BCUT2D eigenvalue weighted by Crippen LogP contribution is -2.50. The number of urea groups is 1. The number of aromatic nitrogens is 2. The van der Waals surface area contributed by atoms with Crippen LogP contribution in [0.4, 0.5) is 14.9 Å². The number of carbonyl (C=O) groups is 2. The normalized spacial score (nSPS) is 17.5. The van der Waals surface area contributed by atoms with Crippen LogP contribution in [-0.2, 0) is 0 Å². The number of aliphatic hydroxyl groups is 1. The molecule has 1 aliphatic rings. The van der Waals surface area contributed by atoms with Gasteiger partial charge >= 0.3 is 6.03 Å². The summed E-state index contributed by atoms with van der Waals surface area (Å²) in [4.78, 5) is 34.0.